The molecule has 0 aliphatic carbocycles. The number of nitrogens with one attached hydrogen (secondary N) is 1. The summed E-state index contributed by atoms with van der Waals surface area (Å²) in [5.74, 6) is -0.419. The van der Waals surface area contributed by atoms with Crippen molar-refractivity contribution in [1.29, 1.82) is 0 Å². The molecular weight excluding hydrogens is 260 g/mol. The Labute approximate surface area is 117 Å². The van der Waals surface area contributed by atoms with E-state index in [-0.39, 0.29) is 0 Å². The van der Waals surface area contributed by atoms with E-state index >= 15 is 0 Å². The van der Waals surface area contributed by atoms with Gasteiger partial charge in [0.15, 0.2) is 0 Å². The molecule has 0 spiro atoms. The molecule has 0 radical (unpaired) electrons. The number of benzene rings is 1. The monoisotopic (exact) mass is 279 g/mol. The molecule has 20 heavy (non-hydrogen) atoms. The Morgan fingerprint density at radius 2 is 1.90 bits per heavy atom. The van der Waals surface area contributed by atoms with Gasteiger partial charge in [0.25, 0.3) is 0 Å². The second-order valence-electron chi connectivity index (χ2n) is 4.98. The molecule has 0 bridgehead atoms. The van der Waals surface area contributed by atoms with Crippen molar-refractivity contribution in [2.45, 2.75) is 33.2 Å². The predicted molar refractivity (Wildman–Crippen MR) is 74.7 cm³/mol. The van der Waals surface area contributed by atoms with Crippen molar-refractivity contribution in [2.75, 3.05) is 6.54 Å². The molecule has 1 N–H and O–H groups in total. The molecule has 0 aliphatic heterocycles. The van der Waals surface area contributed by atoms with Crippen LogP contribution in [0.25, 0.3) is 0 Å². The molecule has 1 aromatic heterocycles. The van der Waals surface area contributed by atoms with E-state index in [0.29, 0.717) is 16.9 Å². The Bertz CT molecular complexity index is 592. The smallest absolute Gasteiger partial charge is 0.131 e. The molecule has 1 heterocycles. The fourth-order valence-electron chi connectivity index (χ4n) is 2.21. The molecule has 2 aromatic rings. The fourth-order valence-corrected chi connectivity index (χ4v) is 2.21. The van der Waals surface area contributed by atoms with E-state index in [1.165, 1.54) is 0 Å². The zero-order valence-corrected chi connectivity index (χ0v) is 12.0. The van der Waals surface area contributed by atoms with E-state index < -0.39 is 17.7 Å². The fraction of sp³-hybridized carbons (Fsp3) is 0.375. The highest BCUT2D eigenvalue weighted by Crippen LogP contribution is 2.29. The quantitative estimate of drug-likeness (QED) is 0.884. The van der Waals surface area contributed by atoms with E-state index in [1.54, 1.807) is 19.3 Å². The predicted octanol–water partition coefficient (Wildman–Crippen LogP) is 4.26. The average molecular weight is 279 g/mol. The van der Waals surface area contributed by atoms with E-state index in [1.807, 2.05) is 19.9 Å². The highest BCUT2D eigenvalue weighted by molar-refractivity contribution is 5.35. The van der Waals surface area contributed by atoms with E-state index in [4.69, 9.17) is 4.42 Å². The lowest BCUT2D eigenvalue weighted by Gasteiger charge is -2.19. The lowest BCUT2D eigenvalue weighted by Crippen LogP contribution is -2.24. The van der Waals surface area contributed by atoms with Crippen LogP contribution < -0.4 is 5.32 Å². The summed E-state index contributed by atoms with van der Waals surface area (Å²) < 4.78 is 33.0. The summed E-state index contributed by atoms with van der Waals surface area (Å²) in [6.45, 7) is 6.30. The molecule has 1 aromatic carbocycles. The molecule has 0 saturated heterocycles. The zero-order chi connectivity index (χ0) is 14.7. The molecule has 1 atom stereocenters. The molecule has 4 heteroatoms. The molecule has 0 fully saturated rings. The van der Waals surface area contributed by atoms with Crippen LogP contribution in [0.15, 0.2) is 28.9 Å². The van der Waals surface area contributed by atoms with Crippen molar-refractivity contribution in [2.24, 2.45) is 0 Å². The molecule has 0 saturated carbocycles. The standard InChI is InChI=1S/C16H19F2NO/c1-4-6-19-15(16-10(2)5-7-20-16)12-8-11(3)13(17)9-14(12)18/h5,7-9,15,19H,4,6H2,1-3H3. The maximum absolute atomic E-state index is 14.1. The van der Waals surface area contributed by atoms with Gasteiger partial charge in [-0.3, -0.25) is 0 Å². The Balaban J connectivity index is 2.46. The number of rotatable bonds is 5. The number of aryl methyl sites for hydroxylation is 2. The van der Waals surface area contributed by atoms with Crippen LogP contribution in [0.1, 0.15) is 41.8 Å². The minimum Gasteiger partial charge on any atom is -0.467 e. The van der Waals surface area contributed by atoms with Crippen molar-refractivity contribution in [3.05, 3.63) is 58.5 Å². The molecule has 0 aliphatic rings. The molecule has 108 valence electrons. The Morgan fingerprint density at radius 1 is 1.15 bits per heavy atom. The van der Waals surface area contributed by atoms with Crippen molar-refractivity contribution in [3.63, 3.8) is 0 Å². The van der Waals surface area contributed by atoms with E-state index in [0.717, 1.165) is 24.6 Å². The summed E-state index contributed by atoms with van der Waals surface area (Å²) in [5, 5.41) is 3.26. The molecule has 2 rings (SSSR count). The first-order valence-corrected chi connectivity index (χ1v) is 6.77. The number of halogens is 2. The summed E-state index contributed by atoms with van der Waals surface area (Å²) >= 11 is 0. The Kier molecular flexibility index (Phi) is 4.55. The third kappa shape index (κ3) is 2.90. The first-order valence-electron chi connectivity index (χ1n) is 6.77. The number of furan rings is 1. The first-order chi connectivity index (χ1) is 9.54. The molecular formula is C16H19F2NO. The third-order valence-electron chi connectivity index (χ3n) is 3.35. The van der Waals surface area contributed by atoms with Gasteiger partial charge in [-0.05, 0) is 50.1 Å². The van der Waals surface area contributed by atoms with Crippen LogP contribution in [-0.2, 0) is 0 Å². The van der Waals surface area contributed by atoms with Crippen LogP contribution in [0, 0.1) is 25.5 Å². The van der Waals surface area contributed by atoms with Gasteiger partial charge in [0.05, 0.1) is 12.3 Å². The largest absolute Gasteiger partial charge is 0.467 e. The van der Waals surface area contributed by atoms with Crippen LogP contribution in [0.4, 0.5) is 8.78 Å². The lowest BCUT2D eigenvalue weighted by atomic mass is 9.99. The zero-order valence-electron chi connectivity index (χ0n) is 12.0. The van der Waals surface area contributed by atoms with Crippen molar-refractivity contribution >= 4 is 0 Å². The van der Waals surface area contributed by atoms with Gasteiger partial charge in [-0.2, -0.15) is 0 Å². The van der Waals surface area contributed by atoms with Crippen LogP contribution in [0.2, 0.25) is 0 Å². The minimum absolute atomic E-state index is 0.399. The summed E-state index contributed by atoms with van der Waals surface area (Å²) in [6, 6.07) is 3.91. The Hall–Kier alpha value is -1.68. The van der Waals surface area contributed by atoms with Gasteiger partial charge in [-0.1, -0.05) is 6.92 Å². The Morgan fingerprint density at radius 3 is 2.50 bits per heavy atom. The van der Waals surface area contributed by atoms with Crippen molar-refractivity contribution < 1.29 is 13.2 Å². The SMILES string of the molecule is CCCNC(c1cc(C)c(F)cc1F)c1occc1C. The molecule has 0 amide bonds. The van der Waals surface area contributed by atoms with Crippen LogP contribution in [-0.4, -0.2) is 6.54 Å². The molecule has 1 unspecified atom stereocenters. The summed E-state index contributed by atoms with van der Waals surface area (Å²) in [6.07, 6.45) is 2.50. The topological polar surface area (TPSA) is 25.2 Å². The summed E-state index contributed by atoms with van der Waals surface area (Å²) in [7, 11) is 0. The van der Waals surface area contributed by atoms with Crippen LogP contribution in [0.5, 0.6) is 0 Å². The van der Waals surface area contributed by atoms with Crippen LogP contribution >= 0.6 is 0 Å². The first kappa shape index (κ1) is 14.7. The maximum Gasteiger partial charge on any atom is 0.131 e. The van der Waals surface area contributed by atoms with Gasteiger partial charge in [0.2, 0.25) is 0 Å². The summed E-state index contributed by atoms with van der Waals surface area (Å²) in [4.78, 5) is 0. The van der Waals surface area contributed by atoms with Crippen molar-refractivity contribution in [1.82, 2.24) is 5.32 Å². The highest BCUT2D eigenvalue weighted by Gasteiger charge is 2.23. The lowest BCUT2D eigenvalue weighted by molar-refractivity contribution is 0.432. The van der Waals surface area contributed by atoms with Gasteiger partial charge in [-0.15, -0.1) is 0 Å². The average Bonchev–Trinajstić information content (AvgIpc) is 2.82. The van der Waals surface area contributed by atoms with Gasteiger partial charge in [0.1, 0.15) is 17.4 Å². The second kappa shape index (κ2) is 6.18. The maximum atomic E-state index is 14.1. The number of hydrogen-bond acceptors (Lipinski definition) is 2. The normalized spacial score (nSPS) is 12.7. The van der Waals surface area contributed by atoms with Gasteiger partial charge < -0.3 is 9.73 Å². The number of hydrogen-bond donors (Lipinski definition) is 1. The van der Waals surface area contributed by atoms with E-state index in [2.05, 4.69) is 5.32 Å². The third-order valence-corrected chi connectivity index (χ3v) is 3.35. The molecule has 2 nitrogen and oxygen atoms in total. The van der Waals surface area contributed by atoms with Crippen molar-refractivity contribution in [3.8, 4) is 0 Å². The second-order valence-corrected chi connectivity index (χ2v) is 4.98. The van der Waals surface area contributed by atoms with Crippen LogP contribution in [0.3, 0.4) is 0 Å². The highest BCUT2D eigenvalue weighted by atomic mass is 19.1. The van der Waals surface area contributed by atoms with Gasteiger partial charge >= 0.3 is 0 Å². The summed E-state index contributed by atoms with van der Waals surface area (Å²) in [5.41, 5.74) is 1.78. The van der Waals surface area contributed by atoms with Gasteiger partial charge in [0, 0.05) is 11.6 Å². The van der Waals surface area contributed by atoms with Gasteiger partial charge in [-0.25, -0.2) is 8.78 Å². The van der Waals surface area contributed by atoms with E-state index in [9.17, 15) is 8.78 Å². The minimum atomic E-state index is -0.558.